The number of pyridine rings is 1. The minimum Gasteiger partial charge on any atom is -0.355 e. The number of aromatic nitrogens is 1. The van der Waals surface area contributed by atoms with E-state index in [-0.39, 0.29) is 36.8 Å². The smallest absolute Gasteiger partial charge is 0.222 e. The Hall–Kier alpha value is -1.55. The number of likely N-dealkylation sites (tertiary alicyclic amines) is 1. The topological polar surface area (TPSA) is 86.2 Å². The molecule has 0 spiro atoms. The van der Waals surface area contributed by atoms with Crippen LogP contribution in [-0.4, -0.2) is 48.0 Å². The monoisotopic (exact) mass is 399 g/mol. The third-order valence-corrected chi connectivity index (χ3v) is 5.25. The van der Waals surface area contributed by atoms with Gasteiger partial charge in [-0.15, -0.1) is 24.8 Å². The fourth-order valence-electron chi connectivity index (χ4n) is 4.16. The van der Waals surface area contributed by atoms with Gasteiger partial charge >= 0.3 is 0 Å². The zero-order valence-corrected chi connectivity index (χ0v) is 16.9. The zero-order chi connectivity index (χ0) is 17.3. The van der Waals surface area contributed by atoms with Crippen molar-refractivity contribution in [3.8, 4) is 6.07 Å². The van der Waals surface area contributed by atoms with Crippen molar-refractivity contribution in [2.45, 2.75) is 39.2 Å². The highest BCUT2D eigenvalue weighted by Gasteiger charge is 2.39. The van der Waals surface area contributed by atoms with Crippen LogP contribution >= 0.6 is 24.8 Å². The highest BCUT2D eigenvalue weighted by Crippen LogP contribution is 2.34. The average Bonchev–Trinajstić information content (AvgIpc) is 2.56. The van der Waals surface area contributed by atoms with E-state index in [0.717, 1.165) is 43.0 Å². The maximum Gasteiger partial charge on any atom is 0.222 e. The summed E-state index contributed by atoms with van der Waals surface area (Å²) in [6.45, 7) is 6.75. The Balaban J connectivity index is 0.00000169. The van der Waals surface area contributed by atoms with Gasteiger partial charge in [-0.25, -0.2) is 4.98 Å². The highest BCUT2D eigenvalue weighted by atomic mass is 35.5. The van der Waals surface area contributed by atoms with E-state index in [2.05, 4.69) is 16.0 Å². The van der Waals surface area contributed by atoms with Crippen LogP contribution in [0.1, 0.15) is 36.1 Å². The van der Waals surface area contributed by atoms with Crippen molar-refractivity contribution in [3.05, 3.63) is 22.9 Å². The Morgan fingerprint density at radius 3 is 2.73 bits per heavy atom. The Morgan fingerprint density at radius 2 is 2.08 bits per heavy atom. The van der Waals surface area contributed by atoms with Crippen molar-refractivity contribution >= 4 is 36.5 Å². The number of carbonyl (C=O) groups is 1. The SMILES string of the molecule is Cc1cc(C)c(C#N)c(N2CC[C@@H]3[C@@H](CCC(=O)N3CCN)C2)n1.Cl.Cl. The van der Waals surface area contributed by atoms with E-state index >= 15 is 0 Å². The van der Waals surface area contributed by atoms with Crippen LogP contribution in [-0.2, 0) is 4.79 Å². The summed E-state index contributed by atoms with van der Waals surface area (Å²) >= 11 is 0. The van der Waals surface area contributed by atoms with E-state index in [9.17, 15) is 10.1 Å². The van der Waals surface area contributed by atoms with Crippen LogP contribution in [0.4, 0.5) is 5.82 Å². The number of hydrogen-bond acceptors (Lipinski definition) is 5. The van der Waals surface area contributed by atoms with E-state index in [1.54, 1.807) is 0 Å². The molecule has 0 radical (unpaired) electrons. The third-order valence-electron chi connectivity index (χ3n) is 5.25. The predicted octanol–water partition coefficient (Wildman–Crippen LogP) is 2.19. The molecule has 0 bridgehead atoms. The van der Waals surface area contributed by atoms with E-state index in [0.29, 0.717) is 31.0 Å². The van der Waals surface area contributed by atoms with E-state index in [1.807, 2.05) is 24.8 Å². The fourth-order valence-corrected chi connectivity index (χ4v) is 4.16. The Morgan fingerprint density at radius 1 is 1.35 bits per heavy atom. The molecule has 6 nitrogen and oxygen atoms in total. The molecule has 1 amide bonds. The van der Waals surface area contributed by atoms with Gasteiger partial charge in [-0.2, -0.15) is 5.26 Å². The molecule has 2 N–H and O–H groups in total. The molecule has 1 aromatic heterocycles. The second-order valence-corrected chi connectivity index (χ2v) is 6.87. The number of carbonyl (C=O) groups excluding carboxylic acids is 1. The number of nitriles is 1. The molecule has 0 aromatic carbocycles. The van der Waals surface area contributed by atoms with Gasteiger partial charge in [0.15, 0.2) is 0 Å². The third kappa shape index (κ3) is 4.22. The van der Waals surface area contributed by atoms with Crippen LogP contribution in [0.3, 0.4) is 0 Å². The molecule has 3 rings (SSSR count). The van der Waals surface area contributed by atoms with Crippen molar-refractivity contribution in [3.63, 3.8) is 0 Å². The van der Waals surface area contributed by atoms with Crippen molar-refractivity contribution in [1.29, 1.82) is 5.26 Å². The Kier molecular flexibility index (Phi) is 8.14. The van der Waals surface area contributed by atoms with Crippen molar-refractivity contribution < 1.29 is 4.79 Å². The molecule has 26 heavy (non-hydrogen) atoms. The first kappa shape index (κ1) is 22.5. The highest BCUT2D eigenvalue weighted by molar-refractivity contribution is 5.85. The summed E-state index contributed by atoms with van der Waals surface area (Å²) < 4.78 is 0. The molecular formula is C18H27Cl2N5O. The summed E-state index contributed by atoms with van der Waals surface area (Å²) in [6, 6.07) is 4.55. The minimum absolute atomic E-state index is 0. The van der Waals surface area contributed by atoms with E-state index in [1.165, 1.54) is 0 Å². The molecular weight excluding hydrogens is 373 g/mol. The summed E-state index contributed by atoms with van der Waals surface area (Å²) in [5.74, 6) is 1.46. The summed E-state index contributed by atoms with van der Waals surface area (Å²) in [4.78, 5) is 21.0. The predicted molar refractivity (Wildman–Crippen MR) is 107 cm³/mol. The van der Waals surface area contributed by atoms with E-state index in [4.69, 9.17) is 5.73 Å². The van der Waals surface area contributed by atoms with Crippen LogP contribution in [0.25, 0.3) is 0 Å². The van der Waals surface area contributed by atoms with Gasteiger partial charge in [0.25, 0.3) is 0 Å². The average molecular weight is 400 g/mol. The first-order valence-corrected chi connectivity index (χ1v) is 8.68. The Bertz CT molecular complexity index is 691. The normalized spacial score (nSPS) is 22.0. The summed E-state index contributed by atoms with van der Waals surface area (Å²) in [7, 11) is 0. The number of piperidine rings is 2. The van der Waals surface area contributed by atoms with Gasteiger partial charge in [0.2, 0.25) is 5.91 Å². The molecule has 0 aliphatic carbocycles. The summed E-state index contributed by atoms with van der Waals surface area (Å²) in [6.07, 6.45) is 2.42. The molecule has 3 heterocycles. The number of fused-ring (bicyclic) bond motifs is 1. The maximum atomic E-state index is 12.2. The van der Waals surface area contributed by atoms with Gasteiger partial charge in [-0.1, -0.05) is 0 Å². The second kappa shape index (κ2) is 9.40. The van der Waals surface area contributed by atoms with Crippen LogP contribution in [0, 0.1) is 31.1 Å². The molecule has 0 saturated carbocycles. The summed E-state index contributed by atoms with van der Waals surface area (Å²) in [5.41, 5.74) is 8.27. The number of nitrogens with zero attached hydrogens (tertiary/aromatic N) is 4. The lowest BCUT2D eigenvalue weighted by molar-refractivity contribution is -0.139. The van der Waals surface area contributed by atoms with E-state index < -0.39 is 0 Å². The number of halogens is 2. The molecule has 1 aromatic rings. The van der Waals surface area contributed by atoms with Crippen molar-refractivity contribution in [1.82, 2.24) is 9.88 Å². The van der Waals surface area contributed by atoms with Gasteiger partial charge < -0.3 is 15.5 Å². The first-order chi connectivity index (χ1) is 11.5. The van der Waals surface area contributed by atoms with Gasteiger partial charge in [-0.3, -0.25) is 4.79 Å². The molecule has 2 atom stereocenters. The van der Waals surface area contributed by atoms with Crippen LogP contribution in [0.15, 0.2) is 6.07 Å². The largest absolute Gasteiger partial charge is 0.355 e. The number of nitrogens with two attached hydrogens (primary N) is 1. The quantitative estimate of drug-likeness (QED) is 0.841. The molecule has 2 saturated heterocycles. The number of rotatable bonds is 3. The first-order valence-electron chi connectivity index (χ1n) is 8.68. The molecule has 0 unspecified atom stereocenters. The number of anilines is 1. The number of aryl methyl sites for hydroxylation is 2. The lowest BCUT2D eigenvalue weighted by Crippen LogP contribution is -2.57. The van der Waals surface area contributed by atoms with Crippen LogP contribution < -0.4 is 10.6 Å². The molecule has 8 heteroatoms. The van der Waals surface area contributed by atoms with Gasteiger partial charge in [0.1, 0.15) is 11.9 Å². The zero-order valence-electron chi connectivity index (χ0n) is 15.3. The van der Waals surface area contributed by atoms with Crippen molar-refractivity contribution in [2.75, 3.05) is 31.1 Å². The number of amides is 1. The van der Waals surface area contributed by atoms with Gasteiger partial charge in [-0.05, 0) is 44.2 Å². The van der Waals surface area contributed by atoms with Crippen LogP contribution in [0.5, 0.6) is 0 Å². The Labute approximate surface area is 167 Å². The molecule has 2 aliphatic heterocycles. The van der Waals surface area contributed by atoms with Gasteiger partial charge in [0.05, 0.1) is 5.56 Å². The lowest BCUT2D eigenvalue weighted by Gasteiger charge is -2.47. The maximum absolute atomic E-state index is 12.2. The van der Waals surface area contributed by atoms with Crippen molar-refractivity contribution in [2.24, 2.45) is 11.7 Å². The molecule has 2 fully saturated rings. The van der Waals surface area contributed by atoms with Gasteiger partial charge in [0, 0.05) is 44.3 Å². The standard InChI is InChI=1S/C18H25N5O.2ClH/c1-12-9-13(2)21-18(15(12)10-20)22-7-5-16-14(11-22)3-4-17(24)23(16)8-6-19;;/h9,14,16H,3-8,11,19H2,1-2H3;2*1H/t14-,16+;;/m0../s1. The number of hydrogen-bond donors (Lipinski definition) is 1. The van der Waals surface area contributed by atoms with Crippen LogP contribution in [0.2, 0.25) is 0 Å². The minimum atomic E-state index is 0. The summed E-state index contributed by atoms with van der Waals surface area (Å²) in [5, 5.41) is 9.52. The second-order valence-electron chi connectivity index (χ2n) is 6.87. The lowest BCUT2D eigenvalue weighted by atomic mass is 9.83. The molecule has 144 valence electrons. The molecule has 2 aliphatic rings. The fraction of sp³-hybridized carbons (Fsp3) is 0.611.